The fourth-order valence-electron chi connectivity index (χ4n) is 2.05. The third kappa shape index (κ3) is 2.86. The highest BCUT2D eigenvalue weighted by atomic mass is 79.9. The van der Waals surface area contributed by atoms with Crippen LogP contribution < -0.4 is 4.74 Å². The number of methoxy groups -OCH3 is 1. The average molecular weight is 334 g/mol. The molecule has 0 aliphatic rings. The predicted molar refractivity (Wildman–Crippen MR) is 81.5 cm³/mol. The second-order valence-electron chi connectivity index (χ2n) is 4.88. The van der Waals surface area contributed by atoms with Crippen LogP contribution in [0.1, 0.15) is 25.6 Å². The minimum atomic E-state index is -0.234. The van der Waals surface area contributed by atoms with Crippen LogP contribution in [0.4, 0.5) is 0 Å². The molecule has 20 heavy (non-hydrogen) atoms. The van der Waals surface area contributed by atoms with Crippen molar-refractivity contribution < 1.29 is 4.74 Å². The molecule has 0 aliphatic carbocycles. The number of rotatable bonds is 4. The summed E-state index contributed by atoms with van der Waals surface area (Å²) in [6.07, 6.45) is 1.74. The summed E-state index contributed by atoms with van der Waals surface area (Å²) < 4.78 is 6.33. The summed E-state index contributed by atoms with van der Waals surface area (Å²) in [5, 5.41) is 9.23. The number of halogens is 1. The number of aromatic amines is 1. The summed E-state index contributed by atoms with van der Waals surface area (Å²) in [6.45, 7) is 4.02. The summed E-state index contributed by atoms with van der Waals surface area (Å²) in [4.78, 5) is 7.57. The van der Waals surface area contributed by atoms with E-state index in [0.717, 1.165) is 21.5 Å². The summed E-state index contributed by atoms with van der Waals surface area (Å²) in [6, 6.07) is 8.07. The molecule has 0 amide bonds. The van der Waals surface area contributed by atoms with Crippen LogP contribution >= 0.6 is 15.9 Å². The van der Waals surface area contributed by atoms with Gasteiger partial charge in [0.15, 0.2) is 0 Å². The van der Waals surface area contributed by atoms with E-state index in [0.29, 0.717) is 5.82 Å². The van der Waals surface area contributed by atoms with Gasteiger partial charge >= 0.3 is 0 Å². The average Bonchev–Trinajstić information content (AvgIpc) is 2.88. The lowest BCUT2D eigenvalue weighted by molar-refractivity contribution is 0.416. The summed E-state index contributed by atoms with van der Waals surface area (Å²) in [5.74, 6) is 1.44. The molecule has 104 valence electrons. The fraction of sp³-hybridized carbons (Fsp3) is 0.333. The number of imidazole rings is 1. The third-order valence-corrected chi connectivity index (χ3v) is 3.64. The fourth-order valence-corrected chi connectivity index (χ4v) is 2.41. The van der Waals surface area contributed by atoms with Gasteiger partial charge in [0, 0.05) is 10.0 Å². The van der Waals surface area contributed by atoms with Crippen LogP contribution in [0.25, 0.3) is 11.3 Å². The molecule has 0 spiro atoms. The van der Waals surface area contributed by atoms with Crippen LogP contribution in [-0.2, 0) is 0 Å². The van der Waals surface area contributed by atoms with Gasteiger partial charge in [0.05, 0.1) is 25.1 Å². The number of H-pyrrole nitrogens is 1. The SMILES string of the molecule is COc1ccc(Br)cc1-c1cnc(C(C#N)C(C)C)[nH]1. The topological polar surface area (TPSA) is 61.7 Å². The molecule has 0 saturated heterocycles. The first-order valence-corrected chi connectivity index (χ1v) is 7.14. The monoisotopic (exact) mass is 333 g/mol. The van der Waals surface area contributed by atoms with Crippen LogP contribution in [0.5, 0.6) is 5.75 Å². The van der Waals surface area contributed by atoms with E-state index in [2.05, 4.69) is 32.0 Å². The van der Waals surface area contributed by atoms with E-state index >= 15 is 0 Å². The number of hydrogen-bond donors (Lipinski definition) is 1. The first kappa shape index (κ1) is 14.6. The number of hydrogen-bond acceptors (Lipinski definition) is 3. The highest BCUT2D eigenvalue weighted by Gasteiger charge is 2.19. The maximum Gasteiger partial charge on any atom is 0.128 e. The van der Waals surface area contributed by atoms with Gasteiger partial charge in [-0.1, -0.05) is 29.8 Å². The maximum absolute atomic E-state index is 9.23. The second kappa shape index (κ2) is 6.10. The molecule has 0 radical (unpaired) electrons. The van der Waals surface area contributed by atoms with Crippen LogP contribution in [0.2, 0.25) is 0 Å². The van der Waals surface area contributed by atoms with E-state index in [-0.39, 0.29) is 11.8 Å². The molecule has 1 heterocycles. The van der Waals surface area contributed by atoms with Crippen LogP contribution in [0.3, 0.4) is 0 Å². The Morgan fingerprint density at radius 1 is 1.40 bits per heavy atom. The normalized spacial score (nSPS) is 12.2. The number of ether oxygens (including phenoxy) is 1. The van der Waals surface area contributed by atoms with Crippen molar-refractivity contribution in [3.63, 3.8) is 0 Å². The molecule has 2 aromatic rings. The van der Waals surface area contributed by atoms with Gasteiger partial charge in [-0.3, -0.25) is 0 Å². The number of nitrogens with zero attached hydrogens (tertiary/aromatic N) is 2. The number of aromatic nitrogens is 2. The molecule has 1 aromatic carbocycles. The van der Waals surface area contributed by atoms with Gasteiger partial charge in [-0.05, 0) is 24.1 Å². The summed E-state index contributed by atoms with van der Waals surface area (Å²) in [5.41, 5.74) is 1.76. The lowest BCUT2D eigenvalue weighted by Gasteiger charge is -2.10. The van der Waals surface area contributed by atoms with E-state index in [9.17, 15) is 5.26 Å². The molecule has 1 unspecified atom stereocenters. The van der Waals surface area contributed by atoms with Gasteiger partial charge in [-0.2, -0.15) is 5.26 Å². The smallest absolute Gasteiger partial charge is 0.128 e. The molecule has 1 aromatic heterocycles. The Balaban J connectivity index is 2.43. The zero-order valence-corrected chi connectivity index (χ0v) is 13.2. The number of benzene rings is 1. The Bertz CT molecular complexity index is 643. The van der Waals surface area contributed by atoms with Crippen LogP contribution in [0, 0.1) is 17.2 Å². The largest absolute Gasteiger partial charge is 0.496 e. The van der Waals surface area contributed by atoms with Gasteiger partial charge in [-0.25, -0.2) is 4.98 Å². The molecule has 2 rings (SSSR count). The molecular formula is C15H16BrN3O. The van der Waals surface area contributed by atoms with E-state index in [4.69, 9.17) is 4.74 Å². The highest BCUT2D eigenvalue weighted by Crippen LogP contribution is 2.32. The van der Waals surface area contributed by atoms with Crippen molar-refractivity contribution in [3.8, 4) is 23.1 Å². The van der Waals surface area contributed by atoms with Gasteiger partial charge in [0.1, 0.15) is 17.5 Å². The van der Waals surface area contributed by atoms with Crippen LogP contribution in [-0.4, -0.2) is 17.1 Å². The first-order chi connectivity index (χ1) is 9.56. The number of nitriles is 1. The van der Waals surface area contributed by atoms with Crippen molar-refractivity contribution in [1.29, 1.82) is 5.26 Å². The van der Waals surface area contributed by atoms with Gasteiger partial charge < -0.3 is 9.72 Å². The Hall–Kier alpha value is -1.80. The Kier molecular flexibility index (Phi) is 4.46. The molecule has 5 heteroatoms. The van der Waals surface area contributed by atoms with Gasteiger partial charge in [0.25, 0.3) is 0 Å². The predicted octanol–water partition coefficient (Wildman–Crippen LogP) is 4.11. The van der Waals surface area contributed by atoms with Crippen molar-refractivity contribution >= 4 is 15.9 Å². The molecule has 4 nitrogen and oxygen atoms in total. The van der Waals surface area contributed by atoms with E-state index in [1.165, 1.54) is 0 Å². The Morgan fingerprint density at radius 3 is 2.75 bits per heavy atom. The summed E-state index contributed by atoms with van der Waals surface area (Å²) >= 11 is 3.45. The second-order valence-corrected chi connectivity index (χ2v) is 5.79. The molecule has 1 N–H and O–H groups in total. The van der Waals surface area contributed by atoms with Crippen molar-refractivity contribution in [3.05, 3.63) is 34.7 Å². The van der Waals surface area contributed by atoms with Crippen molar-refractivity contribution in [2.24, 2.45) is 5.92 Å². The van der Waals surface area contributed by atoms with E-state index in [1.54, 1.807) is 13.3 Å². The third-order valence-electron chi connectivity index (χ3n) is 3.15. The lowest BCUT2D eigenvalue weighted by Crippen LogP contribution is -2.05. The number of nitrogens with one attached hydrogen (secondary N) is 1. The Morgan fingerprint density at radius 2 is 2.15 bits per heavy atom. The van der Waals surface area contributed by atoms with Crippen molar-refractivity contribution in [2.45, 2.75) is 19.8 Å². The van der Waals surface area contributed by atoms with Gasteiger partial charge in [0.2, 0.25) is 0 Å². The van der Waals surface area contributed by atoms with Crippen molar-refractivity contribution in [1.82, 2.24) is 9.97 Å². The quantitative estimate of drug-likeness (QED) is 0.915. The molecule has 1 atom stereocenters. The maximum atomic E-state index is 9.23. The minimum absolute atomic E-state index is 0.211. The highest BCUT2D eigenvalue weighted by molar-refractivity contribution is 9.10. The minimum Gasteiger partial charge on any atom is -0.496 e. The van der Waals surface area contributed by atoms with Gasteiger partial charge in [-0.15, -0.1) is 0 Å². The zero-order valence-electron chi connectivity index (χ0n) is 11.6. The van der Waals surface area contributed by atoms with E-state index in [1.807, 2.05) is 32.0 Å². The molecular weight excluding hydrogens is 318 g/mol. The molecule has 0 aliphatic heterocycles. The molecule has 0 fully saturated rings. The lowest BCUT2D eigenvalue weighted by atomic mass is 9.97. The molecule has 0 saturated carbocycles. The standard InChI is InChI=1S/C15H16BrN3O/c1-9(2)12(7-17)15-18-8-13(19-15)11-6-10(16)4-5-14(11)20-3/h4-6,8-9,12H,1-3H3,(H,18,19). The molecule has 0 bridgehead atoms. The van der Waals surface area contributed by atoms with Crippen LogP contribution in [0.15, 0.2) is 28.9 Å². The van der Waals surface area contributed by atoms with Crippen molar-refractivity contribution in [2.75, 3.05) is 7.11 Å². The Labute approximate surface area is 126 Å². The van der Waals surface area contributed by atoms with E-state index < -0.39 is 0 Å². The zero-order chi connectivity index (χ0) is 14.7. The first-order valence-electron chi connectivity index (χ1n) is 6.35. The summed E-state index contributed by atoms with van der Waals surface area (Å²) in [7, 11) is 1.64.